The maximum atomic E-state index is 12.7. The fraction of sp³-hybridized carbons (Fsp3) is 0.333. The summed E-state index contributed by atoms with van der Waals surface area (Å²) in [6, 6.07) is 12.7. The molecule has 1 atom stereocenters. The van der Waals surface area contributed by atoms with E-state index >= 15 is 0 Å². The van der Waals surface area contributed by atoms with Crippen molar-refractivity contribution in [2.45, 2.75) is 36.6 Å². The predicted octanol–water partition coefficient (Wildman–Crippen LogP) is 5.23. The number of carbonyl (C=O) groups is 1. The zero-order valence-corrected chi connectivity index (χ0v) is 20.0. The molecule has 5 nitrogen and oxygen atoms in total. The average molecular weight is 489 g/mol. The maximum absolute atomic E-state index is 12.7. The van der Waals surface area contributed by atoms with E-state index in [-0.39, 0.29) is 5.11 Å². The van der Waals surface area contributed by atoms with E-state index in [1.54, 1.807) is 24.3 Å². The van der Waals surface area contributed by atoms with Gasteiger partial charge in [-0.05, 0) is 54.4 Å². The second-order valence-electron chi connectivity index (χ2n) is 6.44. The molecule has 0 aliphatic rings. The summed E-state index contributed by atoms with van der Waals surface area (Å²) in [6.45, 7) is 4.13. The molecule has 0 aromatic heterocycles. The van der Waals surface area contributed by atoms with Gasteiger partial charge in [0.2, 0.25) is 3.79 Å². The number of halogens is 3. The first-order valence-corrected chi connectivity index (χ1v) is 10.9. The van der Waals surface area contributed by atoms with Crippen molar-refractivity contribution < 1.29 is 9.53 Å². The maximum Gasteiger partial charge on any atom is 0.253 e. The minimum Gasteiger partial charge on any atom is -0.497 e. The van der Waals surface area contributed by atoms with Gasteiger partial charge in [0.05, 0.1) is 7.11 Å². The molecule has 162 valence electrons. The zero-order valence-electron chi connectivity index (χ0n) is 16.9. The van der Waals surface area contributed by atoms with E-state index in [0.717, 1.165) is 29.7 Å². The molecular weight excluding hydrogens is 465 g/mol. The number of amides is 1. The normalized spacial score (nSPS) is 12.1. The second-order valence-corrected chi connectivity index (χ2v) is 9.21. The number of methoxy groups -OCH3 is 1. The molecule has 0 heterocycles. The largest absolute Gasteiger partial charge is 0.497 e. The lowest BCUT2D eigenvalue weighted by Gasteiger charge is -2.28. The summed E-state index contributed by atoms with van der Waals surface area (Å²) in [6.07, 6.45) is 0.596. The summed E-state index contributed by atoms with van der Waals surface area (Å²) >= 11 is 23.7. The first-order valence-electron chi connectivity index (χ1n) is 9.39. The standard InChI is InChI=1S/C21H24Cl3N3O2S/c1-4-13-8-6-9-14(5-2)17(13)25-20(30)27-19(21(22,23)24)26-18(28)15-10-7-11-16(12-15)29-3/h6-12,19H,4-5H2,1-3H3,(H,26,28)(H2,25,27,30). The Morgan fingerprint density at radius 2 is 1.67 bits per heavy atom. The molecule has 30 heavy (non-hydrogen) atoms. The minimum atomic E-state index is -1.85. The Labute approximate surface area is 197 Å². The van der Waals surface area contributed by atoms with Crippen molar-refractivity contribution in [2.75, 3.05) is 12.4 Å². The first-order chi connectivity index (χ1) is 14.2. The lowest BCUT2D eigenvalue weighted by molar-refractivity contribution is 0.0934. The van der Waals surface area contributed by atoms with Crippen LogP contribution in [0.4, 0.5) is 5.69 Å². The van der Waals surface area contributed by atoms with Crippen LogP contribution in [0.1, 0.15) is 35.3 Å². The number of nitrogens with one attached hydrogen (secondary N) is 3. The Morgan fingerprint density at radius 3 is 2.20 bits per heavy atom. The highest BCUT2D eigenvalue weighted by Crippen LogP contribution is 2.30. The molecule has 1 amide bonds. The lowest BCUT2D eigenvalue weighted by atomic mass is 10.0. The Hall–Kier alpha value is -1.73. The fourth-order valence-corrected chi connectivity index (χ4v) is 3.41. The number of hydrogen-bond donors (Lipinski definition) is 3. The average Bonchev–Trinajstić information content (AvgIpc) is 2.72. The van der Waals surface area contributed by atoms with Gasteiger partial charge in [-0.2, -0.15) is 0 Å². The van der Waals surface area contributed by atoms with E-state index in [1.807, 2.05) is 18.2 Å². The summed E-state index contributed by atoms with van der Waals surface area (Å²) in [5.41, 5.74) is 3.51. The van der Waals surface area contributed by atoms with Gasteiger partial charge in [-0.1, -0.05) is 72.9 Å². The molecule has 1 unspecified atom stereocenters. The summed E-state index contributed by atoms with van der Waals surface area (Å²) in [5.74, 6) is 0.102. The van der Waals surface area contributed by atoms with Crippen LogP contribution < -0.4 is 20.7 Å². The van der Waals surface area contributed by atoms with Crippen LogP contribution in [-0.2, 0) is 12.8 Å². The highest BCUT2D eigenvalue weighted by Gasteiger charge is 2.35. The number of anilines is 1. The molecule has 0 aliphatic carbocycles. The molecule has 2 rings (SSSR count). The number of aryl methyl sites for hydroxylation is 2. The number of rotatable bonds is 7. The molecule has 2 aromatic carbocycles. The van der Waals surface area contributed by atoms with Crippen LogP contribution in [-0.4, -0.2) is 28.1 Å². The third kappa shape index (κ3) is 6.64. The number of thiocarbonyl (C=S) groups is 1. The topological polar surface area (TPSA) is 62.4 Å². The molecule has 0 radical (unpaired) electrons. The van der Waals surface area contributed by atoms with E-state index in [1.165, 1.54) is 7.11 Å². The molecule has 9 heteroatoms. The van der Waals surface area contributed by atoms with Crippen molar-refractivity contribution in [3.63, 3.8) is 0 Å². The van der Waals surface area contributed by atoms with Crippen molar-refractivity contribution in [3.8, 4) is 5.75 Å². The molecule has 2 aromatic rings. The van der Waals surface area contributed by atoms with Gasteiger partial charge in [0, 0.05) is 11.3 Å². The van der Waals surface area contributed by atoms with Crippen molar-refractivity contribution in [2.24, 2.45) is 0 Å². The van der Waals surface area contributed by atoms with Crippen LogP contribution >= 0.6 is 47.0 Å². The van der Waals surface area contributed by atoms with Gasteiger partial charge in [-0.25, -0.2) is 0 Å². The quantitative estimate of drug-likeness (QED) is 0.283. The molecule has 3 N–H and O–H groups in total. The summed E-state index contributed by atoms with van der Waals surface area (Å²) < 4.78 is 3.30. The monoisotopic (exact) mass is 487 g/mol. The molecule has 0 spiro atoms. The van der Waals surface area contributed by atoms with Crippen LogP contribution in [0.25, 0.3) is 0 Å². The fourth-order valence-electron chi connectivity index (χ4n) is 2.86. The van der Waals surface area contributed by atoms with E-state index in [0.29, 0.717) is 11.3 Å². The SMILES string of the molecule is CCc1cccc(CC)c1NC(=S)NC(NC(=O)c1cccc(OC)c1)C(Cl)(Cl)Cl. The molecule has 0 fully saturated rings. The highest BCUT2D eigenvalue weighted by atomic mass is 35.6. The van der Waals surface area contributed by atoms with Gasteiger partial charge in [-0.15, -0.1) is 0 Å². The Kier molecular flexibility index (Phi) is 9.04. The van der Waals surface area contributed by atoms with Crippen LogP contribution in [0.5, 0.6) is 5.75 Å². The van der Waals surface area contributed by atoms with Crippen LogP contribution in [0, 0.1) is 0 Å². The van der Waals surface area contributed by atoms with Crippen LogP contribution in [0.3, 0.4) is 0 Å². The van der Waals surface area contributed by atoms with Crippen molar-refractivity contribution in [1.29, 1.82) is 0 Å². The van der Waals surface area contributed by atoms with E-state index in [9.17, 15) is 4.79 Å². The van der Waals surface area contributed by atoms with Gasteiger partial charge in [-0.3, -0.25) is 4.79 Å². The second kappa shape index (κ2) is 11.0. The first kappa shape index (κ1) is 24.5. The molecule has 0 bridgehead atoms. The van der Waals surface area contributed by atoms with Gasteiger partial charge in [0.15, 0.2) is 5.11 Å². The number of benzene rings is 2. The smallest absolute Gasteiger partial charge is 0.253 e. The van der Waals surface area contributed by atoms with Crippen molar-refractivity contribution in [3.05, 3.63) is 59.2 Å². The number of alkyl halides is 3. The van der Waals surface area contributed by atoms with Crippen molar-refractivity contribution in [1.82, 2.24) is 10.6 Å². The van der Waals surface area contributed by atoms with E-state index < -0.39 is 15.9 Å². The summed E-state index contributed by atoms with van der Waals surface area (Å²) in [5, 5.41) is 8.99. The number of carbonyl (C=O) groups excluding carboxylic acids is 1. The molecular formula is C21H24Cl3N3O2S. The third-order valence-electron chi connectivity index (χ3n) is 4.45. The van der Waals surface area contributed by atoms with Gasteiger partial charge < -0.3 is 20.7 Å². The minimum absolute atomic E-state index is 0.230. The van der Waals surface area contributed by atoms with E-state index in [4.69, 9.17) is 51.8 Å². The van der Waals surface area contributed by atoms with Gasteiger partial charge in [0.25, 0.3) is 5.91 Å². The van der Waals surface area contributed by atoms with Crippen LogP contribution in [0.2, 0.25) is 0 Å². The lowest BCUT2D eigenvalue weighted by Crippen LogP contribution is -2.56. The Morgan fingerprint density at radius 1 is 1.07 bits per heavy atom. The predicted molar refractivity (Wildman–Crippen MR) is 129 cm³/mol. The van der Waals surface area contributed by atoms with Crippen LogP contribution in [0.15, 0.2) is 42.5 Å². The summed E-state index contributed by atoms with van der Waals surface area (Å²) in [7, 11) is 1.52. The molecule has 0 saturated carbocycles. The van der Waals surface area contributed by atoms with E-state index in [2.05, 4.69) is 29.8 Å². The van der Waals surface area contributed by atoms with Gasteiger partial charge in [0.1, 0.15) is 11.9 Å². The number of ether oxygens (including phenoxy) is 1. The number of para-hydroxylation sites is 1. The van der Waals surface area contributed by atoms with Crippen molar-refractivity contribution >= 4 is 63.7 Å². The third-order valence-corrected chi connectivity index (χ3v) is 5.32. The highest BCUT2D eigenvalue weighted by molar-refractivity contribution is 7.80. The number of hydrogen-bond acceptors (Lipinski definition) is 3. The summed E-state index contributed by atoms with van der Waals surface area (Å²) in [4.78, 5) is 12.7. The molecule has 0 aliphatic heterocycles. The Bertz CT molecular complexity index is 881. The Balaban J connectivity index is 2.17. The van der Waals surface area contributed by atoms with Gasteiger partial charge >= 0.3 is 0 Å². The molecule has 0 saturated heterocycles. The zero-order chi connectivity index (χ0) is 22.3.